The van der Waals surface area contributed by atoms with Crippen LogP contribution in [0.25, 0.3) is 0 Å². The zero-order valence-electron chi connectivity index (χ0n) is 33.3. The third kappa shape index (κ3) is 24.9. The van der Waals surface area contributed by atoms with Gasteiger partial charge >= 0.3 is 0 Å². The summed E-state index contributed by atoms with van der Waals surface area (Å²) in [5.41, 5.74) is 0. The molecule has 1 saturated heterocycles. The predicted molar refractivity (Wildman–Crippen MR) is 204 cm³/mol. The fourth-order valence-corrected chi connectivity index (χ4v) is 7.40. The molecule has 3 atom stereocenters. The summed E-state index contributed by atoms with van der Waals surface area (Å²) in [5.74, 6) is -0.337. The van der Waals surface area contributed by atoms with Gasteiger partial charge in [-0.25, -0.2) is 0 Å². The Morgan fingerprint density at radius 2 is 0.674 bits per heavy atom. The van der Waals surface area contributed by atoms with Crippen LogP contribution in [-0.4, -0.2) is 82.3 Å². The summed E-state index contributed by atoms with van der Waals surface area (Å²) in [6, 6.07) is 0. The summed E-state index contributed by atoms with van der Waals surface area (Å²) < 4.78 is 16.4. The molecule has 0 radical (unpaired) electrons. The highest BCUT2D eigenvalue weighted by molar-refractivity contribution is 4.87. The van der Waals surface area contributed by atoms with Crippen molar-refractivity contribution in [3.8, 4) is 0 Å². The molecule has 0 spiro atoms. The summed E-state index contributed by atoms with van der Waals surface area (Å²) in [5, 5.41) is 0. The first-order chi connectivity index (χ1) is 22.0. The van der Waals surface area contributed by atoms with Gasteiger partial charge in [0, 0.05) is 19.3 Å². The van der Waals surface area contributed by atoms with Gasteiger partial charge in [-0.3, -0.25) is 0 Å². The second kappa shape index (κ2) is 26.7. The fourth-order valence-electron chi connectivity index (χ4n) is 7.40. The van der Waals surface area contributed by atoms with Gasteiger partial charge in [-0.1, -0.05) is 149 Å². The van der Waals surface area contributed by atoms with E-state index in [4.69, 9.17) is 9.47 Å². The minimum atomic E-state index is -0.337. The Bertz CT molecular complexity index is 670. The highest BCUT2D eigenvalue weighted by atomic mass is 16.8. The molecule has 0 aromatic carbocycles. The Balaban J connectivity index is 2.61. The molecule has 1 rings (SSSR count). The van der Waals surface area contributed by atoms with E-state index in [1.807, 2.05) is 0 Å². The minimum Gasteiger partial charge on any atom is -0.344 e. The second-order valence-corrected chi connectivity index (χ2v) is 17.5. The fraction of sp³-hybridized carbons (Fsp3) is 1.00. The summed E-state index contributed by atoms with van der Waals surface area (Å²) in [7, 11) is 13.9. The summed E-state index contributed by atoms with van der Waals surface area (Å²) in [6.45, 7) is 7.10. The predicted octanol–water partition coefficient (Wildman–Crippen LogP) is 12.2. The SMILES string of the molecule is CCCCCCCCCCCCCC[C@@]1(CCC[N+](C)(C)C)O[C@@H](CCCCCCCC)[C@H](CCCCCCCC[N+](C)(C)C)O1. The van der Waals surface area contributed by atoms with Gasteiger partial charge < -0.3 is 18.4 Å². The van der Waals surface area contributed by atoms with E-state index < -0.39 is 0 Å². The summed E-state index contributed by atoms with van der Waals surface area (Å²) in [4.78, 5) is 0. The van der Waals surface area contributed by atoms with Crippen molar-refractivity contribution in [3.05, 3.63) is 0 Å². The van der Waals surface area contributed by atoms with Crippen LogP contribution >= 0.6 is 0 Å². The number of hydrogen-bond donors (Lipinski definition) is 0. The van der Waals surface area contributed by atoms with E-state index in [0.29, 0.717) is 12.2 Å². The molecule has 0 aromatic heterocycles. The van der Waals surface area contributed by atoms with Gasteiger partial charge in [0.1, 0.15) is 0 Å². The van der Waals surface area contributed by atoms with Crippen molar-refractivity contribution in [2.75, 3.05) is 55.4 Å². The maximum Gasteiger partial charge on any atom is 0.169 e. The van der Waals surface area contributed by atoms with E-state index in [9.17, 15) is 0 Å². The van der Waals surface area contributed by atoms with E-state index >= 15 is 0 Å². The number of quaternary nitrogens is 2. The first kappa shape index (κ1) is 43.9. The van der Waals surface area contributed by atoms with E-state index in [1.165, 1.54) is 186 Å². The van der Waals surface area contributed by atoms with Crippen molar-refractivity contribution < 1.29 is 18.4 Å². The molecule has 0 N–H and O–H groups in total. The van der Waals surface area contributed by atoms with Crippen molar-refractivity contribution in [2.45, 2.75) is 218 Å². The standard InChI is InChI=1S/C42H88N2O2/c1-9-11-13-15-17-18-19-20-21-23-27-31-36-42(37-33-39-44(6,7)8)45-40(34-29-25-16-14-12-10-2)41(46-42)35-30-26-22-24-28-32-38-43(3,4)5/h40-41H,9-39H2,1-8H3/q+2/t40-,41-,42+/m0/s1. The van der Waals surface area contributed by atoms with Gasteiger partial charge in [-0.2, -0.15) is 0 Å². The summed E-state index contributed by atoms with van der Waals surface area (Å²) in [6.07, 6.45) is 39.4. The van der Waals surface area contributed by atoms with Crippen LogP contribution in [0.4, 0.5) is 0 Å². The molecule has 276 valence electrons. The smallest absolute Gasteiger partial charge is 0.169 e. The zero-order valence-corrected chi connectivity index (χ0v) is 33.3. The van der Waals surface area contributed by atoms with Crippen molar-refractivity contribution in [2.24, 2.45) is 0 Å². The topological polar surface area (TPSA) is 18.5 Å². The first-order valence-electron chi connectivity index (χ1n) is 21.0. The molecule has 1 heterocycles. The Morgan fingerprint density at radius 3 is 1.07 bits per heavy atom. The van der Waals surface area contributed by atoms with Crippen molar-refractivity contribution in [1.82, 2.24) is 0 Å². The molecule has 4 nitrogen and oxygen atoms in total. The molecule has 0 bridgehead atoms. The average Bonchev–Trinajstić information content (AvgIpc) is 3.32. The molecule has 1 fully saturated rings. The molecule has 1 aliphatic heterocycles. The Morgan fingerprint density at radius 1 is 0.370 bits per heavy atom. The number of ether oxygens (including phenoxy) is 2. The van der Waals surface area contributed by atoms with Crippen LogP contribution in [0.1, 0.15) is 200 Å². The molecule has 0 aromatic rings. The van der Waals surface area contributed by atoms with Gasteiger partial charge in [0.2, 0.25) is 0 Å². The van der Waals surface area contributed by atoms with E-state index in [-0.39, 0.29) is 5.79 Å². The molecule has 0 unspecified atom stereocenters. The largest absolute Gasteiger partial charge is 0.344 e. The van der Waals surface area contributed by atoms with Gasteiger partial charge in [0.05, 0.1) is 67.6 Å². The normalized spacial score (nSPS) is 20.6. The van der Waals surface area contributed by atoms with Crippen molar-refractivity contribution >= 4 is 0 Å². The van der Waals surface area contributed by atoms with Crippen LogP contribution in [-0.2, 0) is 9.47 Å². The Labute approximate surface area is 291 Å². The van der Waals surface area contributed by atoms with Crippen molar-refractivity contribution in [1.29, 1.82) is 0 Å². The van der Waals surface area contributed by atoms with Crippen LogP contribution in [0.15, 0.2) is 0 Å². The first-order valence-corrected chi connectivity index (χ1v) is 21.0. The van der Waals surface area contributed by atoms with E-state index in [1.54, 1.807) is 0 Å². The third-order valence-corrected chi connectivity index (χ3v) is 10.4. The van der Waals surface area contributed by atoms with Crippen LogP contribution in [0.3, 0.4) is 0 Å². The van der Waals surface area contributed by atoms with Crippen molar-refractivity contribution in [3.63, 3.8) is 0 Å². The second-order valence-electron chi connectivity index (χ2n) is 17.5. The monoisotopic (exact) mass is 653 g/mol. The lowest BCUT2D eigenvalue weighted by Crippen LogP contribution is -2.38. The van der Waals surface area contributed by atoms with Gasteiger partial charge in [0.25, 0.3) is 0 Å². The average molecular weight is 653 g/mol. The van der Waals surface area contributed by atoms with Crippen LogP contribution in [0.2, 0.25) is 0 Å². The Hall–Kier alpha value is -0.160. The molecular weight excluding hydrogens is 564 g/mol. The number of unbranched alkanes of at least 4 members (excludes halogenated alkanes) is 21. The molecule has 0 amide bonds. The highest BCUT2D eigenvalue weighted by Gasteiger charge is 2.46. The maximum atomic E-state index is 7.12. The Kier molecular flexibility index (Phi) is 25.4. The van der Waals surface area contributed by atoms with E-state index in [2.05, 4.69) is 56.1 Å². The quantitative estimate of drug-likeness (QED) is 0.0519. The highest BCUT2D eigenvalue weighted by Crippen LogP contribution is 2.41. The number of rotatable bonds is 33. The molecular formula is C42H88N2O2+2. The van der Waals surface area contributed by atoms with Gasteiger partial charge in [-0.05, 0) is 32.1 Å². The van der Waals surface area contributed by atoms with Crippen LogP contribution in [0.5, 0.6) is 0 Å². The lowest BCUT2D eigenvalue weighted by Gasteiger charge is -2.31. The lowest BCUT2D eigenvalue weighted by atomic mass is 9.99. The van der Waals surface area contributed by atoms with E-state index in [0.717, 1.165) is 21.8 Å². The molecule has 1 aliphatic rings. The number of hydrogen-bond acceptors (Lipinski definition) is 2. The third-order valence-electron chi connectivity index (χ3n) is 10.4. The maximum absolute atomic E-state index is 7.12. The summed E-state index contributed by atoms with van der Waals surface area (Å²) >= 11 is 0. The molecule has 0 saturated carbocycles. The van der Waals surface area contributed by atoms with Gasteiger partial charge in [0.15, 0.2) is 5.79 Å². The molecule has 46 heavy (non-hydrogen) atoms. The van der Waals surface area contributed by atoms with Gasteiger partial charge in [-0.15, -0.1) is 0 Å². The van der Waals surface area contributed by atoms with Crippen LogP contribution in [0, 0.1) is 0 Å². The molecule has 4 heteroatoms. The molecule has 0 aliphatic carbocycles. The minimum absolute atomic E-state index is 0.301. The van der Waals surface area contributed by atoms with Crippen LogP contribution < -0.4 is 0 Å². The zero-order chi connectivity index (χ0) is 34.0. The number of nitrogens with zero attached hydrogens (tertiary/aromatic N) is 2. The lowest BCUT2D eigenvalue weighted by molar-refractivity contribution is -0.870.